The Balaban J connectivity index is 2.36. The number of carbonyl (C=O) groups is 4. The first kappa shape index (κ1) is 24.2. The molecule has 0 aliphatic carbocycles. The summed E-state index contributed by atoms with van der Waals surface area (Å²) in [6.07, 6.45) is -1.53. The van der Waals surface area contributed by atoms with Gasteiger partial charge >= 0.3 is 24.1 Å². The third-order valence-electron chi connectivity index (χ3n) is 3.15. The number of rotatable bonds is 10. The van der Waals surface area contributed by atoms with E-state index >= 15 is 0 Å². The first-order valence-corrected chi connectivity index (χ1v) is 8.82. The summed E-state index contributed by atoms with van der Waals surface area (Å²) in [5.41, 5.74) is 1.20. The summed E-state index contributed by atoms with van der Waals surface area (Å²) in [4.78, 5) is 45.9. The van der Waals surface area contributed by atoms with Gasteiger partial charge in [-0.1, -0.05) is 19.2 Å². The van der Waals surface area contributed by atoms with E-state index in [0.717, 1.165) is 0 Å². The first-order valence-electron chi connectivity index (χ1n) is 8.82. The molecule has 1 aromatic carbocycles. The Morgan fingerprint density at radius 3 is 1.47 bits per heavy atom. The smallest absolute Gasteiger partial charge is 0.411 e. The van der Waals surface area contributed by atoms with Gasteiger partial charge in [-0.05, 0) is 32.0 Å². The number of esters is 2. The zero-order valence-corrected chi connectivity index (χ0v) is 16.8. The van der Waals surface area contributed by atoms with E-state index in [1.807, 2.05) is 0 Å². The van der Waals surface area contributed by atoms with E-state index in [4.69, 9.17) is 18.9 Å². The van der Waals surface area contributed by atoms with Crippen LogP contribution in [0.25, 0.3) is 0 Å². The van der Waals surface area contributed by atoms with Gasteiger partial charge < -0.3 is 18.9 Å². The summed E-state index contributed by atoms with van der Waals surface area (Å²) in [6.45, 7) is 9.40. The zero-order valence-electron chi connectivity index (χ0n) is 16.8. The van der Waals surface area contributed by atoms with Crippen LogP contribution < -0.4 is 10.6 Å². The number of amides is 2. The molecule has 30 heavy (non-hydrogen) atoms. The minimum absolute atomic E-state index is 0.103. The Labute approximate surface area is 173 Å². The summed E-state index contributed by atoms with van der Waals surface area (Å²) >= 11 is 0. The molecule has 2 amide bonds. The van der Waals surface area contributed by atoms with E-state index in [9.17, 15) is 19.2 Å². The van der Waals surface area contributed by atoms with Crippen LogP contribution in [0.5, 0.6) is 0 Å². The van der Waals surface area contributed by atoms with Gasteiger partial charge in [-0.25, -0.2) is 19.2 Å². The fraction of sp³-hybridized carbons (Fsp3) is 0.300. The molecule has 0 aliphatic rings. The molecule has 0 aliphatic heterocycles. The molecule has 0 saturated carbocycles. The molecule has 0 aromatic heterocycles. The van der Waals surface area contributed by atoms with Crippen molar-refractivity contribution in [1.82, 2.24) is 0 Å². The number of hydrogen-bond acceptors (Lipinski definition) is 8. The number of anilines is 2. The van der Waals surface area contributed by atoms with E-state index in [1.165, 1.54) is 19.9 Å². The largest absolute Gasteiger partial charge is 0.459 e. The Bertz CT molecular complexity index is 756. The second-order valence-electron chi connectivity index (χ2n) is 5.94. The van der Waals surface area contributed by atoms with Crippen molar-refractivity contribution in [1.29, 1.82) is 0 Å². The van der Waals surface area contributed by atoms with Crippen molar-refractivity contribution >= 4 is 35.5 Å². The molecule has 0 unspecified atom stereocenters. The molecule has 0 heterocycles. The van der Waals surface area contributed by atoms with Crippen LogP contribution >= 0.6 is 0 Å². The minimum Gasteiger partial charge on any atom is -0.459 e. The molecule has 0 bridgehead atoms. The van der Waals surface area contributed by atoms with Crippen molar-refractivity contribution < 1.29 is 38.1 Å². The maximum absolute atomic E-state index is 11.8. The van der Waals surface area contributed by atoms with Gasteiger partial charge in [-0.3, -0.25) is 10.6 Å². The highest BCUT2D eigenvalue weighted by Crippen LogP contribution is 2.15. The molecule has 0 atom stereocenters. The summed E-state index contributed by atoms with van der Waals surface area (Å²) in [5, 5.41) is 4.93. The van der Waals surface area contributed by atoms with Gasteiger partial charge in [0.05, 0.1) is 0 Å². The number of nitrogens with one attached hydrogen (secondary N) is 2. The highest BCUT2D eigenvalue weighted by atomic mass is 16.6. The normalized spacial score (nSPS) is 9.67. The van der Waals surface area contributed by atoms with Crippen LogP contribution in [0.2, 0.25) is 0 Å². The fourth-order valence-electron chi connectivity index (χ4n) is 1.77. The van der Waals surface area contributed by atoms with Crippen molar-refractivity contribution in [3.8, 4) is 0 Å². The Kier molecular flexibility index (Phi) is 10.2. The number of hydrogen-bond donors (Lipinski definition) is 2. The topological polar surface area (TPSA) is 129 Å². The SMILES string of the molecule is C=C(C)C(=O)OCCOC(=O)Nc1cccc(NC(=O)OCCOC(=O)C(=C)C)c1. The van der Waals surface area contributed by atoms with Crippen LogP contribution in [0.3, 0.4) is 0 Å². The van der Waals surface area contributed by atoms with Crippen LogP contribution in [0.1, 0.15) is 13.8 Å². The van der Waals surface area contributed by atoms with Crippen molar-refractivity contribution in [2.45, 2.75) is 13.8 Å². The second-order valence-corrected chi connectivity index (χ2v) is 5.94. The van der Waals surface area contributed by atoms with Crippen molar-refractivity contribution in [3.05, 3.63) is 48.6 Å². The summed E-state index contributed by atoms with van der Waals surface area (Å²) in [6, 6.07) is 6.23. The molecule has 0 fully saturated rings. The maximum atomic E-state index is 11.8. The second kappa shape index (κ2) is 12.6. The number of carbonyl (C=O) groups excluding carboxylic acids is 4. The zero-order chi connectivity index (χ0) is 22.5. The first-order chi connectivity index (χ1) is 14.2. The van der Waals surface area contributed by atoms with Crippen molar-refractivity contribution in [3.63, 3.8) is 0 Å². The molecule has 10 heteroatoms. The fourth-order valence-corrected chi connectivity index (χ4v) is 1.77. The van der Waals surface area contributed by atoms with Crippen LogP contribution in [0.15, 0.2) is 48.6 Å². The number of ether oxygens (including phenoxy) is 4. The maximum Gasteiger partial charge on any atom is 0.411 e. The van der Waals surface area contributed by atoms with Gasteiger partial charge in [0.25, 0.3) is 0 Å². The highest BCUT2D eigenvalue weighted by Gasteiger charge is 2.09. The van der Waals surface area contributed by atoms with Crippen LogP contribution in [0, 0.1) is 0 Å². The van der Waals surface area contributed by atoms with Gasteiger partial charge in [-0.15, -0.1) is 0 Å². The lowest BCUT2D eigenvalue weighted by molar-refractivity contribution is -0.140. The van der Waals surface area contributed by atoms with E-state index in [2.05, 4.69) is 23.8 Å². The standard InChI is InChI=1S/C20H24N2O8/c1-13(2)17(23)27-8-10-29-19(25)21-15-6-5-7-16(12-15)22-20(26)30-11-9-28-18(24)14(3)4/h5-7,12H,1,3,8-11H2,2,4H3,(H,21,25)(H,22,26). The molecule has 10 nitrogen and oxygen atoms in total. The van der Waals surface area contributed by atoms with Crippen LogP contribution in [-0.2, 0) is 28.5 Å². The highest BCUT2D eigenvalue weighted by molar-refractivity contribution is 5.89. The lowest BCUT2D eigenvalue weighted by Gasteiger charge is -2.10. The third kappa shape index (κ3) is 9.93. The Morgan fingerprint density at radius 1 is 0.733 bits per heavy atom. The summed E-state index contributed by atoms with van der Waals surface area (Å²) in [7, 11) is 0. The summed E-state index contributed by atoms with van der Waals surface area (Å²) in [5.74, 6) is -1.14. The lowest BCUT2D eigenvalue weighted by Crippen LogP contribution is -2.19. The molecule has 1 aromatic rings. The average molecular weight is 420 g/mol. The van der Waals surface area contributed by atoms with Crippen LogP contribution in [-0.4, -0.2) is 50.6 Å². The van der Waals surface area contributed by atoms with Crippen LogP contribution in [0.4, 0.5) is 21.0 Å². The van der Waals surface area contributed by atoms with E-state index in [-0.39, 0.29) is 37.6 Å². The molecule has 2 N–H and O–H groups in total. The minimum atomic E-state index is -0.763. The molecular weight excluding hydrogens is 396 g/mol. The van der Waals surface area contributed by atoms with Crippen molar-refractivity contribution in [2.24, 2.45) is 0 Å². The third-order valence-corrected chi connectivity index (χ3v) is 3.15. The molecule has 1 rings (SSSR count). The molecule has 0 saturated heterocycles. The Hall–Kier alpha value is -3.82. The van der Waals surface area contributed by atoms with Gasteiger partial charge in [0.2, 0.25) is 0 Å². The predicted octanol–water partition coefficient (Wildman–Crippen LogP) is 3.02. The average Bonchev–Trinajstić information content (AvgIpc) is 2.68. The number of benzene rings is 1. The lowest BCUT2D eigenvalue weighted by atomic mass is 10.3. The predicted molar refractivity (Wildman–Crippen MR) is 108 cm³/mol. The monoisotopic (exact) mass is 420 g/mol. The van der Waals surface area contributed by atoms with Gasteiger partial charge in [0.1, 0.15) is 26.4 Å². The van der Waals surface area contributed by atoms with Gasteiger partial charge in [0.15, 0.2) is 0 Å². The molecular formula is C20H24N2O8. The quantitative estimate of drug-likeness (QED) is 0.256. The molecule has 162 valence electrons. The van der Waals surface area contributed by atoms with E-state index < -0.39 is 24.1 Å². The molecule has 0 spiro atoms. The van der Waals surface area contributed by atoms with E-state index in [0.29, 0.717) is 11.4 Å². The van der Waals surface area contributed by atoms with Gasteiger partial charge in [-0.2, -0.15) is 0 Å². The van der Waals surface area contributed by atoms with Gasteiger partial charge in [0, 0.05) is 22.5 Å². The Morgan fingerprint density at radius 2 is 1.10 bits per heavy atom. The van der Waals surface area contributed by atoms with Crippen molar-refractivity contribution in [2.75, 3.05) is 37.1 Å². The summed E-state index contributed by atoms with van der Waals surface area (Å²) < 4.78 is 19.4. The van der Waals surface area contributed by atoms with E-state index in [1.54, 1.807) is 18.2 Å². The molecule has 0 radical (unpaired) electrons.